The monoisotopic (exact) mass is 395 g/mol. The van der Waals surface area contributed by atoms with E-state index in [-0.39, 0.29) is 11.6 Å². The highest BCUT2D eigenvalue weighted by Crippen LogP contribution is 2.04. The van der Waals surface area contributed by atoms with Crippen LogP contribution >= 0.6 is 0 Å². The van der Waals surface area contributed by atoms with Crippen molar-refractivity contribution < 1.29 is 9.59 Å². The summed E-state index contributed by atoms with van der Waals surface area (Å²) >= 11 is 0. The van der Waals surface area contributed by atoms with Crippen molar-refractivity contribution in [1.29, 1.82) is 0 Å². The number of rotatable bonds is 7. The van der Waals surface area contributed by atoms with Crippen molar-refractivity contribution in [2.75, 3.05) is 0 Å². The number of carbonyl (C=O) groups is 2. The first kappa shape index (κ1) is 20.5. The molecule has 0 spiro atoms. The number of hydrogen-bond acceptors (Lipinski definition) is 3. The number of nitrogens with one attached hydrogen (secondary N) is 2. The lowest BCUT2D eigenvalue weighted by Crippen LogP contribution is -2.32. The average Bonchev–Trinajstić information content (AvgIpc) is 2.80. The SMILES string of the molecule is O=C(N/N=C/c1ccccc1)/C(=C/C=C/c1ccccc1)NC(=O)c1ccccc1. The number of hydrazone groups is 1. The van der Waals surface area contributed by atoms with Crippen LogP contribution in [0.3, 0.4) is 0 Å². The third-order valence-electron chi connectivity index (χ3n) is 4.06. The molecule has 30 heavy (non-hydrogen) atoms. The molecule has 0 saturated carbocycles. The quantitative estimate of drug-likeness (QED) is 0.273. The van der Waals surface area contributed by atoms with Gasteiger partial charge in [0.1, 0.15) is 5.70 Å². The number of allylic oxidation sites excluding steroid dienone is 2. The van der Waals surface area contributed by atoms with Gasteiger partial charge in [0.2, 0.25) is 0 Å². The molecule has 2 N–H and O–H groups in total. The summed E-state index contributed by atoms with van der Waals surface area (Å²) in [6.45, 7) is 0. The van der Waals surface area contributed by atoms with Gasteiger partial charge in [-0.15, -0.1) is 0 Å². The summed E-state index contributed by atoms with van der Waals surface area (Å²) in [5.41, 5.74) is 4.81. The number of nitrogens with zero attached hydrogens (tertiary/aromatic N) is 1. The molecule has 0 aliphatic carbocycles. The molecular formula is C25H21N3O2. The summed E-state index contributed by atoms with van der Waals surface area (Å²) in [5.74, 6) is -0.902. The number of benzene rings is 3. The van der Waals surface area contributed by atoms with E-state index in [9.17, 15) is 9.59 Å². The Balaban J connectivity index is 1.74. The molecule has 0 radical (unpaired) electrons. The van der Waals surface area contributed by atoms with Gasteiger partial charge in [0.15, 0.2) is 0 Å². The predicted octanol–water partition coefficient (Wildman–Crippen LogP) is 4.16. The van der Waals surface area contributed by atoms with Crippen LogP contribution in [0.1, 0.15) is 21.5 Å². The fourth-order valence-electron chi connectivity index (χ4n) is 2.54. The van der Waals surface area contributed by atoms with E-state index in [4.69, 9.17) is 0 Å². The molecule has 0 saturated heterocycles. The van der Waals surface area contributed by atoms with E-state index in [1.807, 2.05) is 72.8 Å². The molecule has 3 aromatic carbocycles. The van der Waals surface area contributed by atoms with Crippen molar-refractivity contribution in [3.05, 3.63) is 126 Å². The van der Waals surface area contributed by atoms with Crippen molar-refractivity contribution >= 4 is 24.1 Å². The van der Waals surface area contributed by atoms with Crippen LogP contribution in [0.5, 0.6) is 0 Å². The molecule has 3 aromatic rings. The van der Waals surface area contributed by atoms with Gasteiger partial charge in [0.25, 0.3) is 11.8 Å². The van der Waals surface area contributed by atoms with Gasteiger partial charge in [-0.2, -0.15) is 5.10 Å². The van der Waals surface area contributed by atoms with Crippen molar-refractivity contribution in [3.63, 3.8) is 0 Å². The first-order chi connectivity index (χ1) is 14.7. The third kappa shape index (κ3) is 6.42. The molecule has 0 bridgehead atoms. The van der Waals surface area contributed by atoms with E-state index in [1.54, 1.807) is 36.4 Å². The minimum atomic E-state index is -0.524. The second-order valence-corrected chi connectivity index (χ2v) is 6.28. The zero-order valence-corrected chi connectivity index (χ0v) is 16.2. The summed E-state index contributed by atoms with van der Waals surface area (Å²) in [6, 6.07) is 27.7. The van der Waals surface area contributed by atoms with Crippen LogP contribution in [0.4, 0.5) is 0 Å². The van der Waals surface area contributed by atoms with Gasteiger partial charge in [-0.25, -0.2) is 5.43 Å². The minimum Gasteiger partial charge on any atom is -0.317 e. The lowest BCUT2D eigenvalue weighted by atomic mass is 10.2. The summed E-state index contributed by atoms with van der Waals surface area (Å²) in [6.07, 6.45) is 6.63. The first-order valence-corrected chi connectivity index (χ1v) is 9.40. The maximum absolute atomic E-state index is 12.6. The number of amides is 2. The number of hydrogen-bond donors (Lipinski definition) is 2. The van der Waals surface area contributed by atoms with Crippen LogP contribution in [0.15, 0.2) is 114 Å². The molecule has 0 unspecified atom stereocenters. The Morgan fingerprint density at radius 2 is 1.30 bits per heavy atom. The van der Waals surface area contributed by atoms with E-state index in [0.717, 1.165) is 11.1 Å². The summed E-state index contributed by atoms with van der Waals surface area (Å²) in [4.78, 5) is 25.1. The van der Waals surface area contributed by atoms with Crippen LogP contribution in [0.25, 0.3) is 6.08 Å². The normalized spacial score (nSPS) is 11.5. The van der Waals surface area contributed by atoms with Gasteiger partial charge in [-0.1, -0.05) is 91.0 Å². The Kier molecular flexibility index (Phi) is 7.46. The van der Waals surface area contributed by atoms with Crippen molar-refractivity contribution in [2.24, 2.45) is 5.10 Å². The average molecular weight is 395 g/mol. The van der Waals surface area contributed by atoms with Crippen LogP contribution in [0.2, 0.25) is 0 Å². The lowest BCUT2D eigenvalue weighted by Gasteiger charge is -2.08. The van der Waals surface area contributed by atoms with E-state index in [1.165, 1.54) is 6.21 Å². The molecule has 0 aromatic heterocycles. The van der Waals surface area contributed by atoms with Crippen LogP contribution in [0, 0.1) is 0 Å². The highest BCUT2D eigenvalue weighted by molar-refractivity contribution is 6.03. The highest BCUT2D eigenvalue weighted by atomic mass is 16.2. The topological polar surface area (TPSA) is 70.6 Å². The fourth-order valence-corrected chi connectivity index (χ4v) is 2.54. The second kappa shape index (κ2) is 10.9. The molecule has 2 amide bonds. The largest absolute Gasteiger partial charge is 0.317 e. The third-order valence-corrected chi connectivity index (χ3v) is 4.06. The molecule has 0 fully saturated rings. The molecule has 0 aliphatic heterocycles. The van der Waals surface area contributed by atoms with Gasteiger partial charge in [-0.05, 0) is 29.3 Å². The Bertz CT molecular complexity index is 1060. The zero-order chi connectivity index (χ0) is 21.0. The van der Waals surface area contributed by atoms with Crippen LogP contribution in [-0.4, -0.2) is 18.0 Å². The van der Waals surface area contributed by atoms with Gasteiger partial charge in [0, 0.05) is 5.56 Å². The number of carbonyl (C=O) groups excluding carboxylic acids is 2. The molecule has 148 valence electrons. The van der Waals surface area contributed by atoms with Crippen LogP contribution in [-0.2, 0) is 4.79 Å². The van der Waals surface area contributed by atoms with Crippen molar-refractivity contribution in [3.8, 4) is 0 Å². The Hall–Kier alpha value is -4.25. The summed E-state index contributed by atoms with van der Waals surface area (Å²) in [7, 11) is 0. The van der Waals surface area contributed by atoms with Crippen molar-refractivity contribution in [2.45, 2.75) is 0 Å². The molecule has 5 heteroatoms. The Morgan fingerprint density at radius 1 is 0.733 bits per heavy atom. The Morgan fingerprint density at radius 3 is 1.93 bits per heavy atom. The second-order valence-electron chi connectivity index (χ2n) is 6.28. The molecular weight excluding hydrogens is 374 g/mol. The lowest BCUT2D eigenvalue weighted by molar-refractivity contribution is -0.117. The van der Waals surface area contributed by atoms with Gasteiger partial charge in [0.05, 0.1) is 6.21 Å². The standard InChI is InChI=1S/C25H21N3O2/c29-24(22-16-8-3-9-17-22)27-23(18-10-15-20-11-4-1-5-12-20)25(30)28-26-19-21-13-6-2-7-14-21/h1-19H,(H,27,29)(H,28,30)/b15-10+,23-18-,26-19+. The smallest absolute Gasteiger partial charge is 0.287 e. The fraction of sp³-hybridized carbons (Fsp3) is 0. The summed E-state index contributed by atoms with van der Waals surface area (Å²) < 4.78 is 0. The van der Waals surface area contributed by atoms with E-state index < -0.39 is 5.91 Å². The van der Waals surface area contributed by atoms with Gasteiger partial charge >= 0.3 is 0 Å². The van der Waals surface area contributed by atoms with E-state index in [0.29, 0.717) is 5.56 Å². The first-order valence-electron chi connectivity index (χ1n) is 9.40. The maximum atomic E-state index is 12.6. The maximum Gasteiger partial charge on any atom is 0.287 e. The molecule has 5 nitrogen and oxygen atoms in total. The minimum absolute atomic E-state index is 0.0845. The van der Waals surface area contributed by atoms with Gasteiger partial charge < -0.3 is 5.32 Å². The van der Waals surface area contributed by atoms with E-state index >= 15 is 0 Å². The Labute approximate surface area is 175 Å². The molecule has 0 atom stereocenters. The van der Waals surface area contributed by atoms with Crippen LogP contribution < -0.4 is 10.7 Å². The summed E-state index contributed by atoms with van der Waals surface area (Å²) in [5, 5.41) is 6.62. The van der Waals surface area contributed by atoms with Crippen molar-refractivity contribution in [1.82, 2.24) is 10.7 Å². The molecule has 0 heterocycles. The predicted molar refractivity (Wildman–Crippen MR) is 120 cm³/mol. The van der Waals surface area contributed by atoms with E-state index in [2.05, 4.69) is 15.8 Å². The molecule has 3 rings (SSSR count). The van der Waals surface area contributed by atoms with Gasteiger partial charge in [-0.3, -0.25) is 9.59 Å². The molecule has 0 aliphatic rings. The highest BCUT2D eigenvalue weighted by Gasteiger charge is 2.13. The zero-order valence-electron chi connectivity index (χ0n) is 16.2.